The van der Waals surface area contributed by atoms with Gasteiger partial charge in [0.25, 0.3) is 11.8 Å². The van der Waals surface area contributed by atoms with Gasteiger partial charge in [0.2, 0.25) is 0 Å². The fourth-order valence-electron chi connectivity index (χ4n) is 3.82. The van der Waals surface area contributed by atoms with Gasteiger partial charge in [-0.15, -0.1) is 0 Å². The molecule has 0 spiro atoms. The Bertz CT molecular complexity index is 1210. The number of hydrogen-bond donors (Lipinski definition) is 2. The van der Waals surface area contributed by atoms with Crippen LogP contribution in [-0.4, -0.2) is 48.7 Å². The van der Waals surface area contributed by atoms with Gasteiger partial charge < -0.3 is 14.6 Å². The van der Waals surface area contributed by atoms with E-state index < -0.39 is 0 Å². The van der Waals surface area contributed by atoms with E-state index in [9.17, 15) is 9.59 Å². The number of carbonyl (C=O) groups is 2. The zero-order valence-electron chi connectivity index (χ0n) is 16.6. The molecule has 4 aromatic rings. The topological polar surface area (TPSA) is 117 Å². The lowest BCUT2D eigenvalue weighted by molar-refractivity contribution is 0.0712. The van der Waals surface area contributed by atoms with Crippen LogP contribution in [0.4, 0.5) is 0 Å². The Balaban J connectivity index is 1.17. The lowest BCUT2D eigenvalue weighted by Gasteiger charge is -2.31. The van der Waals surface area contributed by atoms with Crippen molar-refractivity contribution in [3.63, 3.8) is 0 Å². The summed E-state index contributed by atoms with van der Waals surface area (Å²) in [6.45, 7) is 1.61. The molecule has 31 heavy (non-hydrogen) atoms. The van der Waals surface area contributed by atoms with Gasteiger partial charge in [0, 0.05) is 30.3 Å². The van der Waals surface area contributed by atoms with Crippen molar-refractivity contribution >= 4 is 34.6 Å². The van der Waals surface area contributed by atoms with E-state index in [1.807, 2.05) is 11.0 Å². The highest BCUT2D eigenvalue weighted by molar-refractivity contribution is 7.00. The molecule has 2 amide bonds. The molecular formula is C21H20N6O3S. The zero-order chi connectivity index (χ0) is 21.2. The number of amides is 2. The molecule has 1 aromatic carbocycles. The molecule has 1 fully saturated rings. The molecule has 10 heteroatoms. The fourth-order valence-corrected chi connectivity index (χ4v) is 4.34. The van der Waals surface area contributed by atoms with Crippen LogP contribution in [0.25, 0.3) is 11.0 Å². The van der Waals surface area contributed by atoms with Gasteiger partial charge in [0.15, 0.2) is 0 Å². The summed E-state index contributed by atoms with van der Waals surface area (Å²) in [7, 11) is 0. The standard InChI is InChI=1S/C21H20N6O3S/c28-20(22-12-15-2-1-9-30-15)19-11-17(23-24-19)13-5-7-27(8-6-13)21(29)14-3-4-16-18(10-14)26-31-25-16/h1-4,9-11,13H,5-8,12H2,(H,22,28)(H,23,24). The number of fused-ring (bicyclic) bond motifs is 1. The predicted octanol–water partition coefficient (Wildman–Crippen LogP) is 2.96. The van der Waals surface area contributed by atoms with Gasteiger partial charge in [0.05, 0.1) is 24.5 Å². The maximum Gasteiger partial charge on any atom is 0.272 e. The lowest BCUT2D eigenvalue weighted by Crippen LogP contribution is -2.38. The lowest BCUT2D eigenvalue weighted by atomic mass is 9.93. The molecular weight excluding hydrogens is 416 g/mol. The van der Waals surface area contributed by atoms with Gasteiger partial charge >= 0.3 is 0 Å². The SMILES string of the molecule is O=C(NCc1ccco1)c1cc(C2CCN(C(=O)c3ccc4nsnc4c3)CC2)[nH]n1. The number of aromatic nitrogens is 4. The smallest absolute Gasteiger partial charge is 0.272 e. The van der Waals surface area contributed by atoms with Crippen LogP contribution in [0.5, 0.6) is 0 Å². The van der Waals surface area contributed by atoms with Crippen molar-refractivity contribution in [3.8, 4) is 0 Å². The molecule has 1 aliphatic heterocycles. The molecule has 2 N–H and O–H groups in total. The maximum atomic E-state index is 12.9. The Morgan fingerprint density at radius 2 is 2.00 bits per heavy atom. The van der Waals surface area contributed by atoms with Gasteiger partial charge in [-0.25, -0.2) is 0 Å². The average Bonchev–Trinajstić information content (AvgIpc) is 3.58. The number of carbonyl (C=O) groups excluding carboxylic acids is 2. The molecule has 0 bridgehead atoms. The summed E-state index contributed by atoms with van der Waals surface area (Å²) in [4.78, 5) is 27.0. The van der Waals surface area contributed by atoms with E-state index in [4.69, 9.17) is 4.42 Å². The highest BCUT2D eigenvalue weighted by atomic mass is 32.1. The summed E-state index contributed by atoms with van der Waals surface area (Å²) in [5.74, 6) is 0.675. The molecule has 158 valence electrons. The van der Waals surface area contributed by atoms with Crippen LogP contribution in [0.2, 0.25) is 0 Å². The van der Waals surface area contributed by atoms with Crippen molar-refractivity contribution in [2.24, 2.45) is 0 Å². The molecule has 5 rings (SSSR count). The number of furan rings is 1. The molecule has 9 nitrogen and oxygen atoms in total. The van der Waals surface area contributed by atoms with E-state index in [1.54, 1.807) is 36.6 Å². The van der Waals surface area contributed by atoms with Gasteiger partial charge in [-0.1, -0.05) is 0 Å². The Morgan fingerprint density at radius 3 is 2.81 bits per heavy atom. The summed E-state index contributed by atoms with van der Waals surface area (Å²) in [5, 5.41) is 9.94. The monoisotopic (exact) mass is 436 g/mol. The van der Waals surface area contributed by atoms with Crippen molar-refractivity contribution in [1.82, 2.24) is 29.2 Å². The van der Waals surface area contributed by atoms with Crippen LogP contribution in [0.15, 0.2) is 47.1 Å². The fraction of sp³-hybridized carbons (Fsp3) is 0.286. The summed E-state index contributed by atoms with van der Waals surface area (Å²) >= 11 is 1.15. The molecule has 0 unspecified atom stereocenters. The quantitative estimate of drug-likeness (QED) is 0.497. The first-order valence-electron chi connectivity index (χ1n) is 10.0. The molecule has 1 aliphatic rings. The minimum atomic E-state index is -0.251. The van der Waals surface area contributed by atoms with Crippen LogP contribution < -0.4 is 5.32 Å². The number of benzene rings is 1. The first-order chi connectivity index (χ1) is 15.2. The molecule has 0 atom stereocenters. The highest BCUT2D eigenvalue weighted by Crippen LogP contribution is 2.28. The Hall–Kier alpha value is -3.53. The molecule has 1 saturated heterocycles. The van der Waals surface area contributed by atoms with E-state index >= 15 is 0 Å². The zero-order valence-corrected chi connectivity index (χ0v) is 17.4. The maximum absolute atomic E-state index is 12.9. The van der Waals surface area contributed by atoms with Gasteiger partial charge in [-0.05, 0) is 49.2 Å². The number of nitrogens with zero attached hydrogens (tertiary/aromatic N) is 4. The summed E-state index contributed by atoms with van der Waals surface area (Å²) < 4.78 is 13.6. The summed E-state index contributed by atoms with van der Waals surface area (Å²) in [5.41, 5.74) is 3.47. The van der Waals surface area contributed by atoms with Crippen molar-refractivity contribution in [2.45, 2.75) is 25.3 Å². The molecule has 0 aliphatic carbocycles. The van der Waals surface area contributed by atoms with Crippen molar-refractivity contribution < 1.29 is 14.0 Å². The molecule has 0 radical (unpaired) electrons. The average molecular weight is 436 g/mol. The van der Waals surface area contributed by atoms with E-state index in [2.05, 4.69) is 24.3 Å². The molecule has 4 heterocycles. The first-order valence-corrected chi connectivity index (χ1v) is 10.8. The number of aromatic amines is 1. The molecule has 0 saturated carbocycles. The van der Waals surface area contributed by atoms with E-state index in [-0.39, 0.29) is 17.7 Å². The number of nitrogens with one attached hydrogen (secondary N) is 2. The third-order valence-corrected chi connectivity index (χ3v) is 6.11. The third-order valence-electron chi connectivity index (χ3n) is 5.56. The van der Waals surface area contributed by atoms with Gasteiger partial charge in [0.1, 0.15) is 22.5 Å². The van der Waals surface area contributed by atoms with Crippen LogP contribution in [0.1, 0.15) is 51.1 Å². The second kappa shape index (κ2) is 8.31. The molecule has 3 aromatic heterocycles. The van der Waals surface area contributed by atoms with Gasteiger partial charge in [-0.3, -0.25) is 14.7 Å². The van der Waals surface area contributed by atoms with Crippen molar-refractivity contribution in [2.75, 3.05) is 13.1 Å². The predicted molar refractivity (Wildman–Crippen MR) is 114 cm³/mol. The van der Waals surface area contributed by atoms with Crippen LogP contribution in [0.3, 0.4) is 0 Å². The normalized spacial score (nSPS) is 14.8. The van der Waals surface area contributed by atoms with Crippen LogP contribution in [-0.2, 0) is 6.54 Å². The summed E-state index contributed by atoms with van der Waals surface area (Å²) in [6, 6.07) is 10.8. The second-order valence-electron chi connectivity index (χ2n) is 7.50. The minimum absolute atomic E-state index is 0.0101. The highest BCUT2D eigenvalue weighted by Gasteiger charge is 2.26. The van der Waals surface area contributed by atoms with Gasteiger partial charge in [-0.2, -0.15) is 13.8 Å². The van der Waals surface area contributed by atoms with Crippen molar-refractivity contribution in [1.29, 1.82) is 0 Å². The second-order valence-corrected chi connectivity index (χ2v) is 8.03. The van der Waals surface area contributed by atoms with Crippen LogP contribution >= 0.6 is 11.7 Å². The summed E-state index contributed by atoms with van der Waals surface area (Å²) in [6.07, 6.45) is 3.18. The number of hydrogen-bond acceptors (Lipinski definition) is 7. The Labute approximate surface area is 181 Å². The number of rotatable bonds is 5. The number of piperidine rings is 1. The Morgan fingerprint density at radius 1 is 1.16 bits per heavy atom. The Kier molecular flexibility index (Phi) is 5.21. The van der Waals surface area contributed by atoms with E-state index in [0.29, 0.717) is 36.7 Å². The van der Waals surface area contributed by atoms with E-state index in [1.165, 1.54) is 0 Å². The number of H-pyrrole nitrogens is 1. The third kappa shape index (κ3) is 4.06. The van der Waals surface area contributed by atoms with Crippen molar-refractivity contribution in [3.05, 3.63) is 65.4 Å². The van der Waals surface area contributed by atoms with Crippen LogP contribution in [0, 0.1) is 0 Å². The largest absolute Gasteiger partial charge is 0.467 e. The minimum Gasteiger partial charge on any atom is -0.467 e. The van der Waals surface area contributed by atoms with E-state index in [0.717, 1.165) is 41.3 Å². The number of likely N-dealkylation sites (tertiary alicyclic amines) is 1. The first kappa shape index (κ1) is 19.4.